The summed E-state index contributed by atoms with van der Waals surface area (Å²) in [5, 5.41) is 2.98. The third kappa shape index (κ3) is 6.19. The number of carbonyl (C=O) groups is 1. The molecule has 0 saturated heterocycles. The van der Waals surface area contributed by atoms with Crippen molar-refractivity contribution in [2.75, 3.05) is 38.3 Å². The maximum absolute atomic E-state index is 12.2. The summed E-state index contributed by atoms with van der Waals surface area (Å²) in [7, 11) is 1.99. The van der Waals surface area contributed by atoms with Crippen molar-refractivity contribution < 1.29 is 14.4 Å². The fraction of sp³-hybridized carbons (Fsp3) is 0.278. The molecule has 0 saturated carbocycles. The summed E-state index contributed by atoms with van der Waals surface area (Å²) < 4.78 is 6.72. The minimum Gasteiger partial charge on any atom is -0.488 e. The SMILES string of the molecule is CSc1ccccc1NC(=O)C[NH+](C)CCOc1ccc(Br)cc1. The van der Waals surface area contributed by atoms with Gasteiger partial charge in [-0.15, -0.1) is 11.8 Å². The molecule has 2 N–H and O–H groups in total. The molecule has 24 heavy (non-hydrogen) atoms. The van der Waals surface area contributed by atoms with E-state index in [0.29, 0.717) is 13.2 Å². The second-order valence-electron chi connectivity index (χ2n) is 5.43. The van der Waals surface area contributed by atoms with Gasteiger partial charge in [0.2, 0.25) is 0 Å². The van der Waals surface area contributed by atoms with E-state index in [1.165, 1.54) is 0 Å². The van der Waals surface area contributed by atoms with Crippen LogP contribution in [0.4, 0.5) is 5.69 Å². The summed E-state index contributed by atoms with van der Waals surface area (Å²) in [4.78, 5) is 14.3. The van der Waals surface area contributed by atoms with Crippen molar-refractivity contribution in [3.63, 3.8) is 0 Å². The van der Waals surface area contributed by atoms with Crippen LogP contribution in [0.15, 0.2) is 57.9 Å². The first kappa shape index (κ1) is 18.8. The lowest BCUT2D eigenvalue weighted by molar-refractivity contribution is -0.871. The van der Waals surface area contributed by atoms with Gasteiger partial charge in [0.1, 0.15) is 18.9 Å². The lowest BCUT2D eigenvalue weighted by Gasteiger charge is -2.15. The van der Waals surface area contributed by atoms with E-state index >= 15 is 0 Å². The number of anilines is 1. The minimum atomic E-state index is 0.0117. The number of quaternary nitrogens is 1. The van der Waals surface area contributed by atoms with Crippen LogP contribution >= 0.6 is 27.7 Å². The zero-order valence-corrected chi connectivity index (χ0v) is 16.2. The number of halogens is 1. The average molecular weight is 410 g/mol. The standard InChI is InChI=1S/C18H21BrN2O2S/c1-21(11-12-23-15-9-7-14(19)8-10-15)13-18(22)20-16-5-3-4-6-17(16)24-2/h3-10H,11-13H2,1-2H3,(H,20,22)/p+1. The van der Waals surface area contributed by atoms with Gasteiger partial charge in [-0.25, -0.2) is 0 Å². The zero-order chi connectivity index (χ0) is 17.4. The van der Waals surface area contributed by atoms with E-state index in [2.05, 4.69) is 21.2 Å². The normalized spacial score (nSPS) is 11.8. The van der Waals surface area contributed by atoms with Crippen molar-refractivity contribution in [2.45, 2.75) is 4.90 Å². The highest BCUT2D eigenvalue weighted by atomic mass is 79.9. The van der Waals surface area contributed by atoms with Crippen LogP contribution in [-0.4, -0.2) is 38.9 Å². The molecule has 2 aromatic rings. The smallest absolute Gasteiger partial charge is 0.279 e. The Bertz CT molecular complexity index is 664. The van der Waals surface area contributed by atoms with Crippen LogP contribution in [0, 0.1) is 0 Å². The monoisotopic (exact) mass is 409 g/mol. The summed E-state index contributed by atoms with van der Waals surface area (Å²) in [6, 6.07) is 15.6. The summed E-state index contributed by atoms with van der Waals surface area (Å²) in [5.74, 6) is 0.849. The number of rotatable bonds is 8. The van der Waals surface area contributed by atoms with E-state index in [9.17, 15) is 4.79 Å². The molecule has 0 aliphatic heterocycles. The largest absolute Gasteiger partial charge is 0.488 e. The number of carbonyl (C=O) groups excluding carboxylic acids is 1. The molecule has 0 aliphatic rings. The number of likely N-dealkylation sites (N-methyl/N-ethyl adjacent to an activating group) is 1. The molecule has 0 radical (unpaired) electrons. The highest BCUT2D eigenvalue weighted by Crippen LogP contribution is 2.24. The minimum absolute atomic E-state index is 0.0117. The quantitative estimate of drug-likeness (QED) is 0.658. The van der Waals surface area contributed by atoms with Gasteiger partial charge in [0.25, 0.3) is 5.91 Å². The number of hydrogen-bond donors (Lipinski definition) is 2. The molecule has 2 rings (SSSR count). The second-order valence-corrected chi connectivity index (χ2v) is 7.20. The molecule has 1 atom stereocenters. The number of benzene rings is 2. The number of amides is 1. The molecule has 0 fully saturated rings. The second kappa shape index (κ2) is 9.71. The van der Waals surface area contributed by atoms with Gasteiger partial charge in [-0.3, -0.25) is 4.79 Å². The van der Waals surface area contributed by atoms with E-state index in [-0.39, 0.29) is 5.91 Å². The summed E-state index contributed by atoms with van der Waals surface area (Å²) in [5.41, 5.74) is 0.869. The van der Waals surface area contributed by atoms with E-state index in [0.717, 1.165) is 32.2 Å². The van der Waals surface area contributed by atoms with Crippen LogP contribution < -0.4 is 15.0 Å². The van der Waals surface area contributed by atoms with Gasteiger partial charge in [0.05, 0.1) is 12.7 Å². The van der Waals surface area contributed by atoms with Gasteiger partial charge in [-0.2, -0.15) is 0 Å². The van der Waals surface area contributed by atoms with E-state index in [1.54, 1.807) is 11.8 Å². The van der Waals surface area contributed by atoms with Gasteiger partial charge in [-0.1, -0.05) is 28.1 Å². The van der Waals surface area contributed by atoms with Crippen molar-refractivity contribution in [2.24, 2.45) is 0 Å². The van der Waals surface area contributed by atoms with Crippen LogP contribution in [0.2, 0.25) is 0 Å². The van der Waals surface area contributed by atoms with Crippen molar-refractivity contribution >= 4 is 39.3 Å². The van der Waals surface area contributed by atoms with Gasteiger partial charge in [-0.05, 0) is 42.7 Å². The average Bonchev–Trinajstić information content (AvgIpc) is 2.57. The molecule has 2 aromatic carbocycles. The first-order chi connectivity index (χ1) is 11.6. The molecule has 6 heteroatoms. The number of para-hydroxylation sites is 1. The molecular weight excluding hydrogens is 388 g/mol. The van der Waals surface area contributed by atoms with Crippen molar-refractivity contribution in [3.05, 3.63) is 53.0 Å². The molecular formula is C18H22BrN2O2S+. The van der Waals surface area contributed by atoms with Crippen molar-refractivity contribution in [1.29, 1.82) is 0 Å². The molecule has 1 amide bonds. The number of hydrogen-bond acceptors (Lipinski definition) is 3. The van der Waals surface area contributed by atoms with Crippen LogP contribution in [-0.2, 0) is 4.79 Å². The third-order valence-electron chi connectivity index (χ3n) is 3.45. The van der Waals surface area contributed by atoms with Crippen LogP contribution in [0.5, 0.6) is 5.75 Å². The van der Waals surface area contributed by atoms with E-state index < -0.39 is 0 Å². The Kier molecular flexibility index (Phi) is 7.62. The maximum atomic E-state index is 12.2. The van der Waals surface area contributed by atoms with Crippen LogP contribution in [0.25, 0.3) is 0 Å². The lowest BCUT2D eigenvalue weighted by Crippen LogP contribution is -3.10. The Labute approximate surface area is 155 Å². The molecule has 0 aromatic heterocycles. The Morgan fingerprint density at radius 2 is 1.92 bits per heavy atom. The van der Waals surface area contributed by atoms with Gasteiger partial charge in [0, 0.05) is 9.37 Å². The van der Waals surface area contributed by atoms with Crippen LogP contribution in [0.1, 0.15) is 0 Å². The highest BCUT2D eigenvalue weighted by Gasteiger charge is 2.12. The fourth-order valence-corrected chi connectivity index (χ4v) is 3.00. The van der Waals surface area contributed by atoms with Gasteiger partial charge < -0.3 is 15.0 Å². The van der Waals surface area contributed by atoms with E-state index in [1.807, 2.05) is 61.8 Å². The number of ether oxygens (including phenoxy) is 1. The highest BCUT2D eigenvalue weighted by molar-refractivity contribution is 9.10. The summed E-state index contributed by atoms with van der Waals surface area (Å²) in [6.07, 6.45) is 2.00. The lowest BCUT2D eigenvalue weighted by atomic mass is 10.3. The molecule has 128 valence electrons. The molecule has 1 unspecified atom stereocenters. The van der Waals surface area contributed by atoms with E-state index in [4.69, 9.17) is 4.74 Å². The molecule has 0 heterocycles. The first-order valence-corrected chi connectivity index (χ1v) is 9.73. The molecule has 0 spiro atoms. The fourth-order valence-electron chi connectivity index (χ4n) is 2.18. The van der Waals surface area contributed by atoms with Crippen molar-refractivity contribution in [3.8, 4) is 5.75 Å². The Balaban J connectivity index is 1.74. The third-order valence-corrected chi connectivity index (χ3v) is 4.78. The Morgan fingerprint density at radius 3 is 2.62 bits per heavy atom. The predicted molar refractivity (Wildman–Crippen MR) is 103 cm³/mol. The molecule has 0 aliphatic carbocycles. The maximum Gasteiger partial charge on any atom is 0.279 e. The number of thioether (sulfide) groups is 1. The summed E-state index contributed by atoms with van der Waals surface area (Å²) >= 11 is 5.02. The summed E-state index contributed by atoms with van der Waals surface area (Å²) in [6.45, 7) is 1.74. The predicted octanol–water partition coefficient (Wildman–Crippen LogP) is 2.70. The zero-order valence-electron chi connectivity index (χ0n) is 13.8. The Hall–Kier alpha value is -1.50. The Morgan fingerprint density at radius 1 is 1.21 bits per heavy atom. The molecule has 4 nitrogen and oxygen atoms in total. The van der Waals surface area contributed by atoms with Crippen LogP contribution in [0.3, 0.4) is 0 Å². The van der Waals surface area contributed by atoms with Gasteiger partial charge >= 0.3 is 0 Å². The first-order valence-electron chi connectivity index (χ1n) is 7.71. The number of nitrogens with one attached hydrogen (secondary N) is 2. The van der Waals surface area contributed by atoms with Crippen molar-refractivity contribution in [1.82, 2.24) is 0 Å². The molecule has 0 bridgehead atoms. The topological polar surface area (TPSA) is 42.8 Å². The van der Waals surface area contributed by atoms with Gasteiger partial charge in [0.15, 0.2) is 6.54 Å².